The number of allylic oxidation sites excluding steroid dienone is 1. The molecule has 0 radical (unpaired) electrons. The molecule has 0 aromatic carbocycles. The third-order valence-corrected chi connectivity index (χ3v) is 3.13. The fourth-order valence-electron chi connectivity index (χ4n) is 1.73. The van der Waals surface area contributed by atoms with Crippen molar-refractivity contribution < 1.29 is 0 Å². The molecule has 5 nitrogen and oxygen atoms in total. The summed E-state index contributed by atoms with van der Waals surface area (Å²) < 4.78 is 1.27. The van der Waals surface area contributed by atoms with Gasteiger partial charge in [0.05, 0.1) is 18.4 Å². The van der Waals surface area contributed by atoms with Crippen molar-refractivity contribution in [1.82, 2.24) is 14.8 Å². The second-order valence-corrected chi connectivity index (χ2v) is 4.56. The average molecular weight is 291 g/mol. The van der Waals surface area contributed by atoms with Gasteiger partial charge < -0.3 is 5.32 Å². The Morgan fingerprint density at radius 1 is 1.40 bits per heavy atom. The van der Waals surface area contributed by atoms with Crippen LogP contribution < -0.4 is 10.9 Å². The smallest absolute Gasteiger partial charge is 0.287 e. The number of pyridine rings is 1. The maximum atomic E-state index is 11.9. The van der Waals surface area contributed by atoms with Gasteiger partial charge in [0, 0.05) is 18.9 Å². The molecule has 104 valence electrons. The van der Waals surface area contributed by atoms with E-state index in [1.54, 1.807) is 24.7 Å². The summed E-state index contributed by atoms with van der Waals surface area (Å²) in [6.45, 7) is 4.57. The number of nitrogens with zero attached hydrogens (tertiary/aromatic N) is 3. The van der Waals surface area contributed by atoms with Crippen LogP contribution in [0.5, 0.6) is 0 Å². The second-order valence-electron chi connectivity index (χ2n) is 4.18. The van der Waals surface area contributed by atoms with Gasteiger partial charge in [-0.2, -0.15) is 5.10 Å². The Bertz CT molecular complexity index is 639. The highest BCUT2D eigenvalue weighted by molar-refractivity contribution is 6.32. The molecule has 0 aliphatic heterocycles. The van der Waals surface area contributed by atoms with Crippen LogP contribution in [-0.2, 0) is 13.0 Å². The number of hydrogen-bond donors (Lipinski definition) is 1. The lowest BCUT2D eigenvalue weighted by molar-refractivity contribution is 0.653. The first-order valence-corrected chi connectivity index (χ1v) is 6.59. The molecule has 0 unspecified atom stereocenters. The maximum Gasteiger partial charge on any atom is 0.287 e. The molecule has 2 aromatic rings. The highest BCUT2D eigenvalue weighted by Gasteiger charge is 2.07. The Kier molecular flexibility index (Phi) is 4.90. The zero-order chi connectivity index (χ0) is 14.4. The summed E-state index contributed by atoms with van der Waals surface area (Å²) in [5.41, 5.74) is 1.39. The Morgan fingerprint density at radius 3 is 2.85 bits per heavy atom. The minimum Gasteiger partial charge on any atom is -0.382 e. The van der Waals surface area contributed by atoms with Crippen LogP contribution in [0.2, 0.25) is 5.02 Å². The van der Waals surface area contributed by atoms with Crippen LogP contribution in [0.1, 0.15) is 5.56 Å². The van der Waals surface area contributed by atoms with Crippen molar-refractivity contribution in [3.8, 4) is 0 Å². The van der Waals surface area contributed by atoms with Crippen LogP contribution in [0.3, 0.4) is 0 Å². The van der Waals surface area contributed by atoms with Crippen LogP contribution in [0.4, 0.5) is 5.69 Å². The van der Waals surface area contributed by atoms with Crippen molar-refractivity contribution in [2.75, 3.05) is 11.9 Å². The van der Waals surface area contributed by atoms with Gasteiger partial charge in [0.15, 0.2) is 0 Å². The van der Waals surface area contributed by atoms with Gasteiger partial charge in [0.25, 0.3) is 5.56 Å². The predicted octanol–water partition coefficient (Wildman–Crippen LogP) is 2.13. The quantitative estimate of drug-likeness (QED) is 0.828. The molecule has 0 fully saturated rings. The lowest BCUT2D eigenvalue weighted by Gasteiger charge is -2.09. The molecule has 2 heterocycles. The highest BCUT2D eigenvalue weighted by Crippen LogP contribution is 2.15. The first-order chi connectivity index (χ1) is 9.72. The molecule has 6 heteroatoms. The first-order valence-electron chi connectivity index (χ1n) is 6.21. The van der Waals surface area contributed by atoms with Crippen molar-refractivity contribution in [3.63, 3.8) is 0 Å². The highest BCUT2D eigenvalue weighted by atomic mass is 35.5. The summed E-state index contributed by atoms with van der Waals surface area (Å²) in [5, 5.41) is 7.30. The Balaban J connectivity index is 2.02. The Morgan fingerprint density at radius 2 is 2.15 bits per heavy atom. The van der Waals surface area contributed by atoms with Gasteiger partial charge in [-0.05, 0) is 24.1 Å². The topological polar surface area (TPSA) is 59.8 Å². The molecule has 0 aliphatic rings. The van der Waals surface area contributed by atoms with E-state index in [0.29, 0.717) is 18.8 Å². The third kappa shape index (κ3) is 3.45. The number of anilines is 1. The second kappa shape index (κ2) is 6.86. The summed E-state index contributed by atoms with van der Waals surface area (Å²) in [4.78, 5) is 15.8. The maximum absolute atomic E-state index is 11.9. The summed E-state index contributed by atoms with van der Waals surface area (Å²) in [7, 11) is 0. The average Bonchev–Trinajstić information content (AvgIpc) is 2.48. The number of halogens is 1. The Labute approximate surface area is 121 Å². The molecular weight excluding hydrogens is 276 g/mol. The Hall–Kier alpha value is -2.14. The number of rotatable bonds is 6. The van der Waals surface area contributed by atoms with E-state index >= 15 is 0 Å². The minimum absolute atomic E-state index is 0.150. The summed E-state index contributed by atoms with van der Waals surface area (Å²) in [5.74, 6) is 0. The van der Waals surface area contributed by atoms with Crippen molar-refractivity contribution in [3.05, 3.63) is 64.3 Å². The number of nitrogens with one attached hydrogen (secondary N) is 1. The normalized spacial score (nSPS) is 10.2. The fourth-order valence-corrected chi connectivity index (χ4v) is 1.94. The van der Waals surface area contributed by atoms with Gasteiger partial charge in [0.2, 0.25) is 0 Å². The molecule has 2 rings (SSSR count). The summed E-state index contributed by atoms with van der Waals surface area (Å²) in [6, 6.07) is 3.90. The van der Waals surface area contributed by atoms with E-state index in [1.165, 1.54) is 4.68 Å². The molecule has 0 aliphatic carbocycles. The summed E-state index contributed by atoms with van der Waals surface area (Å²) >= 11 is 6.04. The van der Waals surface area contributed by atoms with Gasteiger partial charge in [-0.15, -0.1) is 6.58 Å². The zero-order valence-corrected chi connectivity index (χ0v) is 11.7. The lowest BCUT2D eigenvalue weighted by atomic mass is 10.2. The van der Waals surface area contributed by atoms with Crippen molar-refractivity contribution >= 4 is 17.3 Å². The first kappa shape index (κ1) is 14.3. The predicted molar refractivity (Wildman–Crippen MR) is 80.1 cm³/mol. The standard InChI is InChI=1S/C14H15ClN4O/c1-2-9-19-14(20)13(15)12(10-18-19)17-8-5-11-3-6-16-7-4-11/h2-4,6-7,10,17H,1,5,8-9H2. The third-order valence-electron chi connectivity index (χ3n) is 2.77. The van der Waals surface area contributed by atoms with E-state index in [2.05, 4.69) is 22.0 Å². The molecule has 0 spiro atoms. The van der Waals surface area contributed by atoms with Gasteiger partial charge in [-0.1, -0.05) is 17.7 Å². The molecule has 0 atom stereocenters. The van der Waals surface area contributed by atoms with E-state index < -0.39 is 0 Å². The lowest BCUT2D eigenvalue weighted by Crippen LogP contribution is -2.24. The van der Waals surface area contributed by atoms with Gasteiger partial charge >= 0.3 is 0 Å². The number of hydrogen-bond acceptors (Lipinski definition) is 4. The van der Waals surface area contributed by atoms with E-state index in [4.69, 9.17) is 11.6 Å². The van der Waals surface area contributed by atoms with Gasteiger partial charge in [-0.3, -0.25) is 9.78 Å². The van der Waals surface area contributed by atoms with Crippen LogP contribution >= 0.6 is 11.6 Å². The van der Waals surface area contributed by atoms with Crippen LogP contribution in [0.15, 0.2) is 48.2 Å². The van der Waals surface area contributed by atoms with Crippen LogP contribution in [0.25, 0.3) is 0 Å². The van der Waals surface area contributed by atoms with Crippen molar-refractivity contribution in [2.24, 2.45) is 0 Å². The zero-order valence-electron chi connectivity index (χ0n) is 10.9. The van der Waals surface area contributed by atoms with Gasteiger partial charge in [0.1, 0.15) is 5.02 Å². The van der Waals surface area contributed by atoms with Gasteiger partial charge in [-0.25, -0.2) is 4.68 Å². The largest absolute Gasteiger partial charge is 0.382 e. The fraction of sp³-hybridized carbons (Fsp3) is 0.214. The monoisotopic (exact) mass is 290 g/mol. The molecule has 0 saturated heterocycles. The SMILES string of the molecule is C=CCn1ncc(NCCc2ccncc2)c(Cl)c1=O. The number of aromatic nitrogens is 3. The molecule has 1 N–H and O–H groups in total. The van der Waals surface area contributed by atoms with E-state index in [1.807, 2.05) is 12.1 Å². The minimum atomic E-state index is -0.319. The van der Waals surface area contributed by atoms with Crippen molar-refractivity contribution in [2.45, 2.75) is 13.0 Å². The van der Waals surface area contributed by atoms with Crippen LogP contribution in [-0.4, -0.2) is 21.3 Å². The molecule has 0 saturated carbocycles. The van der Waals surface area contributed by atoms with Crippen molar-refractivity contribution in [1.29, 1.82) is 0 Å². The van der Waals surface area contributed by atoms with Crippen LogP contribution in [0, 0.1) is 0 Å². The molecule has 20 heavy (non-hydrogen) atoms. The molecular formula is C14H15ClN4O. The summed E-state index contributed by atoms with van der Waals surface area (Å²) in [6.07, 6.45) is 7.47. The molecule has 0 bridgehead atoms. The molecule has 2 aromatic heterocycles. The van der Waals surface area contributed by atoms with E-state index in [0.717, 1.165) is 12.0 Å². The van der Waals surface area contributed by atoms with E-state index in [9.17, 15) is 4.79 Å². The molecule has 0 amide bonds. The van der Waals surface area contributed by atoms with E-state index in [-0.39, 0.29) is 10.6 Å².